The van der Waals surface area contributed by atoms with Crippen LogP contribution in [-0.2, 0) is 17.5 Å². The first-order valence-corrected chi connectivity index (χ1v) is 10.8. The van der Waals surface area contributed by atoms with E-state index < -0.39 is 22.7 Å². The lowest BCUT2D eigenvalue weighted by Gasteiger charge is -2.34. The number of carbonyl (C=O) groups is 1. The molecule has 2 aliphatic heterocycles. The minimum Gasteiger partial charge on any atom is -0.454 e. The quantitative estimate of drug-likeness (QED) is 0.496. The van der Waals surface area contributed by atoms with Gasteiger partial charge in [-0.05, 0) is 35.9 Å². The molecule has 2 aromatic carbocycles. The van der Waals surface area contributed by atoms with E-state index in [2.05, 4.69) is 10.2 Å². The number of nitrogens with one attached hydrogen (secondary N) is 1. The number of anilines is 1. The third kappa shape index (κ3) is 5.55. The maximum absolute atomic E-state index is 13.0. The molecule has 2 heterocycles. The van der Waals surface area contributed by atoms with Crippen molar-refractivity contribution in [3.63, 3.8) is 0 Å². The van der Waals surface area contributed by atoms with Crippen molar-refractivity contribution in [1.29, 1.82) is 5.26 Å². The summed E-state index contributed by atoms with van der Waals surface area (Å²) >= 11 is 5.60. The molecule has 1 N–H and O–H groups in total. The van der Waals surface area contributed by atoms with Gasteiger partial charge in [-0.2, -0.15) is 18.4 Å². The molecule has 0 aliphatic carbocycles. The number of fused-ring (bicyclic) bond motifs is 1. The molecule has 178 valence electrons. The first kappa shape index (κ1) is 23.7. The van der Waals surface area contributed by atoms with Crippen molar-refractivity contribution in [2.75, 3.05) is 38.3 Å². The number of nitriles is 1. The number of rotatable bonds is 5. The number of hydrogen-bond donors (Lipinski definition) is 1. The van der Waals surface area contributed by atoms with Crippen molar-refractivity contribution < 1.29 is 27.4 Å². The van der Waals surface area contributed by atoms with Crippen LogP contribution in [0.25, 0.3) is 0 Å². The van der Waals surface area contributed by atoms with Crippen LogP contribution in [0.4, 0.5) is 18.9 Å². The van der Waals surface area contributed by atoms with Gasteiger partial charge in [-0.15, -0.1) is 0 Å². The maximum atomic E-state index is 13.0. The Hall–Kier alpha value is -3.42. The zero-order chi connectivity index (χ0) is 24.3. The molecule has 0 aromatic heterocycles. The first-order valence-electron chi connectivity index (χ1n) is 10.4. The number of carbonyl (C=O) groups excluding carboxylic acids is 1. The van der Waals surface area contributed by atoms with Crippen molar-refractivity contribution in [2.45, 2.75) is 12.7 Å². The van der Waals surface area contributed by atoms with E-state index in [4.69, 9.17) is 21.1 Å². The fourth-order valence-electron chi connectivity index (χ4n) is 3.69. The van der Waals surface area contributed by atoms with E-state index in [1.807, 2.05) is 29.2 Å². The van der Waals surface area contributed by atoms with E-state index in [1.165, 1.54) is 12.3 Å². The van der Waals surface area contributed by atoms with Gasteiger partial charge in [0.1, 0.15) is 11.6 Å². The number of ether oxygens (including phenoxy) is 2. The number of alkyl halides is 3. The zero-order valence-corrected chi connectivity index (χ0v) is 18.6. The van der Waals surface area contributed by atoms with Crippen LogP contribution in [0.15, 0.2) is 48.2 Å². The highest BCUT2D eigenvalue weighted by atomic mass is 35.5. The molecule has 0 unspecified atom stereocenters. The number of nitrogens with zero attached hydrogens (tertiary/aromatic N) is 3. The summed E-state index contributed by atoms with van der Waals surface area (Å²) in [5.41, 5.74) is -0.274. The number of amides is 1. The number of piperazine rings is 1. The van der Waals surface area contributed by atoms with Gasteiger partial charge < -0.3 is 19.7 Å². The van der Waals surface area contributed by atoms with Crippen LogP contribution in [-0.4, -0.2) is 48.7 Å². The molecule has 11 heteroatoms. The minimum absolute atomic E-state index is 0.101. The molecule has 4 rings (SSSR count). The minimum atomic E-state index is -4.66. The second-order valence-corrected chi connectivity index (χ2v) is 8.21. The van der Waals surface area contributed by atoms with Crippen molar-refractivity contribution in [3.05, 3.63) is 64.3 Å². The van der Waals surface area contributed by atoms with Crippen LogP contribution in [0.3, 0.4) is 0 Å². The standard InChI is InChI=1S/C23H20ClF3N4O3/c24-19-3-2-17(10-18(19)23(25,26)27)29-22(32)16(11-28)13-31-7-5-30(6-8-31)12-15-1-4-20-21(9-15)34-14-33-20/h1-4,9-10,13H,5-8,12,14H2,(H,29,32)/b16-13-. The van der Waals surface area contributed by atoms with Gasteiger partial charge in [0, 0.05) is 44.6 Å². The highest BCUT2D eigenvalue weighted by Crippen LogP contribution is 2.36. The summed E-state index contributed by atoms with van der Waals surface area (Å²) in [5, 5.41) is 11.3. The van der Waals surface area contributed by atoms with E-state index in [0.29, 0.717) is 26.2 Å². The van der Waals surface area contributed by atoms with Crippen molar-refractivity contribution >= 4 is 23.2 Å². The van der Waals surface area contributed by atoms with Crippen LogP contribution in [0.2, 0.25) is 5.02 Å². The van der Waals surface area contributed by atoms with E-state index in [0.717, 1.165) is 35.7 Å². The van der Waals surface area contributed by atoms with E-state index in [-0.39, 0.29) is 18.1 Å². The van der Waals surface area contributed by atoms with Crippen molar-refractivity contribution in [3.8, 4) is 17.6 Å². The Morgan fingerprint density at radius 3 is 2.56 bits per heavy atom. The van der Waals surface area contributed by atoms with Crippen LogP contribution in [0, 0.1) is 11.3 Å². The van der Waals surface area contributed by atoms with Crippen molar-refractivity contribution in [1.82, 2.24) is 9.80 Å². The van der Waals surface area contributed by atoms with E-state index in [1.54, 1.807) is 0 Å². The monoisotopic (exact) mass is 492 g/mol. The molecule has 1 amide bonds. The maximum Gasteiger partial charge on any atom is 0.417 e. The molecule has 1 fully saturated rings. The lowest BCUT2D eigenvalue weighted by Crippen LogP contribution is -2.43. The SMILES string of the molecule is N#C/C(=C/N1CCN(Cc2ccc3c(c2)OCO3)CC1)C(=O)Nc1ccc(Cl)c(C(F)(F)F)c1. The van der Waals surface area contributed by atoms with Crippen LogP contribution >= 0.6 is 11.6 Å². The summed E-state index contributed by atoms with van der Waals surface area (Å²) in [6.45, 7) is 3.52. The molecule has 0 spiro atoms. The van der Waals surface area contributed by atoms with Crippen molar-refractivity contribution in [2.24, 2.45) is 0 Å². The molecule has 1 saturated heterocycles. The Bertz CT molecular complexity index is 1160. The van der Waals surface area contributed by atoms with Crippen LogP contribution in [0.5, 0.6) is 11.5 Å². The molecule has 34 heavy (non-hydrogen) atoms. The lowest BCUT2D eigenvalue weighted by molar-refractivity contribution is -0.137. The first-order chi connectivity index (χ1) is 16.2. The second kappa shape index (κ2) is 9.83. The summed E-state index contributed by atoms with van der Waals surface area (Å²) in [5.74, 6) is 0.668. The number of halogens is 4. The average Bonchev–Trinajstić information content (AvgIpc) is 3.27. The zero-order valence-electron chi connectivity index (χ0n) is 17.9. The molecule has 2 aliphatic rings. The molecule has 0 radical (unpaired) electrons. The van der Waals surface area contributed by atoms with Gasteiger partial charge in [0.2, 0.25) is 6.79 Å². The molecule has 0 saturated carbocycles. The van der Waals surface area contributed by atoms with Gasteiger partial charge in [0.15, 0.2) is 11.5 Å². The number of hydrogen-bond acceptors (Lipinski definition) is 6. The second-order valence-electron chi connectivity index (χ2n) is 7.80. The predicted molar refractivity (Wildman–Crippen MR) is 118 cm³/mol. The highest BCUT2D eigenvalue weighted by molar-refractivity contribution is 6.31. The Balaban J connectivity index is 1.34. The third-order valence-electron chi connectivity index (χ3n) is 5.46. The summed E-state index contributed by atoms with van der Waals surface area (Å²) in [4.78, 5) is 16.6. The highest BCUT2D eigenvalue weighted by Gasteiger charge is 2.33. The van der Waals surface area contributed by atoms with Gasteiger partial charge in [-0.3, -0.25) is 9.69 Å². The Morgan fingerprint density at radius 1 is 1.12 bits per heavy atom. The lowest BCUT2D eigenvalue weighted by atomic mass is 10.1. The normalized spacial score (nSPS) is 16.3. The molecular weight excluding hydrogens is 473 g/mol. The Labute approximate surface area is 198 Å². The van der Waals surface area contributed by atoms with Gasteiger partial charge >= 0.3 is 6.18 Å². The van der Waals surface area contributed by atoms with Gasteiger partial charge in [0.05, 0.1) is 10.6 Å². The summed E-state index contributed by atoms with van der Waals surface area (Å²) in [6, 6.07) is 10.7. The fraction of sp³-hybridized carbons (Fsp3) is 0.304. The largest absolute Gasteiger partial charge is 0.454 e. The topological polar surface area (TPSA) is 77.8 Å². The average molecular weight is 493 g/mol. The summed E-state index contributed by atoms with van der Waals surface area (Å²) in [6.07, 6.45) is -3.22. The van der Waals surface area contributed by atoms with Crippen LogP contribution < -0.4 is 14.8 Å². The molecule has 2 aromatic rings. The number of benzene rings is 2. The summed E-state index contributed by atoms with van der Waals surface area (Å²) < 4.78 is 49.9. The Kier molecular flexibility index (Phi) is 6.86. The van der Waals surface area contributed by atoms with Crippen LogP contribution in [0.1, 0.15) is 11.1 Å². The third-order valence-corrected chi connectivity index (χ3v) is 5.79. The molecule has 0 atom stereocenters. The van der Waals surface area contributed by atoms with E-state index in [9.17, 15) is 23.2 Å². The molecule has 7 nitrogen and oxygen atoms in total. The predicted octanol–water partition coefficient (Wildman–Crippen LogP) is 4.25. The smallest absolute Gasteiger partial charge is 0.417 e. The van der Waals surface area contributed by atoms with Gasteiger partial charge in [-0.25, -0.2) is 0 Å². The van der Waals surface area contributed by atoms with Gasteiger partial charge in [0.25, 0.3) is 5.91 Å². The van der Waals surface area contributed by atoms with Gasteiger partial charge in [-0.1, -0.05) is 17.7 Å². The molecule has 0 bridgehead atoms. The van der Waals surface area contributed by atoms with E-state index >= 15 is 0 Å². The molecular formula is C23H20ClF3N4O3. The fourth-order valence-corrected chi connectivity index (χ4v) is 3.91. The Morgan fingerprint density at radius 2 is 1.85 bits per heavy atom. The summed E-state index contributed by atoms with van der Waals surface area (Å²) in [7, 11) is 0.